The monoisotopic (exact) mass is 824 g/mol. The number of carbonyl (C=O) groups excluding carboxylic acids is 4. The number of ketones is 2. The number of pyridine rings is 2. The van der Waals surface area contributed by atoms with E-state index in [1.807, 2.05) is 48.5 Å². The number of benzene rings is 2. The predicted octanol–water partition coefficient (Wildman–Crippen LogP) is 5.21. The van der Waals surface area contributed by atoms with E-state index in [0.29, 0.717) is 46.7 Å². The molecular weight excluding hydrogens is 784 g/mol. The lowest BCUT2D eigenvalue weighted by Gasteiger charge is -2.13. The van der Waals surface area contributed by atoms with Gasteiger partial charge in [0.15, 0.2) is 11.6 Å². The summed E-state index contributed by atoms with van der Waals surface area (Å²) in [4.78, 5) is 65.0. The Morgan fingerprint density at radius 1 is 0.776 bits per heavy atom. The zero-order valence-corrected chi connectivity index (χ0v) is 33.1. The minimum Gasteiger partial charge on any atom is -0.490 e. The molecule has 2 aromatic carbocycles. The van der Waals surface area contributed by atoms with Crippen molar-refractivity contribution in [1.29, 1.82) is 0 Å². The lowest BCUT2D eigenvalue weighted by atomic mass is 10.1. The van der Waals surface area contributed by atoms with Crippen LogP contribution in [0.5, 0.6) is 11.5 Å². The van der Waals surface area contributed by atoms with Crippen LogP contribution in [0.3, 0.4) is 0 Å². The molecule has 16 heteroatoms. The molecule has 0 radical (unpaired) electrons. The summed E-state index contributed by atoms with van der Waals surface area (Å²) >= 11 is 1.39. The summed E-state index contributed by atoms with van der Waals surface area (Å²) in [6.07, 6.45) is 8.23. The van der Waals surface area contributed by atoms with E-state index in [-0.39, 0.29) is 61.9 Å². The average Bonchev–Trinajstić information content (AvgIpc) is 3.84. The van der Waals surface area contributed by atoms with E-state index in [0.717, 1.165) is 16.9 Å². The van der Waals surface area contributed by atoms with Gasteiger partial charge in [-0.3, -0.25) is 24.4 Å². The highest BCUT2D eigenvalue weighted by atomic mass is 35.5. The number of nitrogens with one attached hydrogen (secondary N) is 1. The summed E-state index contributed by atoms with van der Waals surface area (Å²) in [5.41, 5.74) is 9.07. The average molecular weight is 825 g/mol. The molecule has 0 bridgehead atoms. The first kappa shape index (κ1) is 42.8. The molecule has 14 nitrogen and oxygen atoms in total. The Kier molecular flexibility index (Phi) is 15.7. The minimum atomic E-state index is -0.781. The van der Waals surface area contributed by atoms with Gasteiger partial charge in [0.25, 0.3) is 5.89 Å². The van der Waals surface area contributed by atoms with Crippen LogP contribution in [0, 0.1) is 0 Å². The van der Waals surface area contributed by atoms with Crippen LogP contribution in [-0.4, -0.2) is 75.3 Å². The Labute approximate surface area is 344 Å². The van der Waals surface area contributed by atoms with E-state index in [4.69, 9.17) is 24.4 Å². The van der Waals surface area contributed by atoms with Crippen molar-refractivity contribution in [3.8, 4) is 11.5 Å². The zero-order chi connectivity index (χ0) is 40.0. The van der Waals surface area contributed by atoms with Gasteiger partial charge in [0.2, 0.25) is 5.01 Å². The lowest BCUT2D eigenvalue weighted by Crippen LogP contribution is -2.44. The number of halogens is 1. The molecule has 6 heterocycles. The molecule has 4 aromatic heterocycles. The number of esters is 1. The third kappa shape index (κ3) is 12.1. The van der Waals surface area contributed by atoms with Crippen molar-refractivity contribution < 1.29 is 37.8 Å². The minimum absolute atomic E-state index is 0. The van der Waals surface area contributed by atoms with Crippen LogP contribution in [0.4, 0.5) is 0 Å². The summed E-state index contributed by atoms with van der Waals surface area (Å²) in [7, 11) is 0. The van der Waals surface area contributed by atoms with E-state index in [1.54, 1.807) is 49.8 Å². The van der Waals surface area contributed by atoms with Gasteiger partial charge in [0.1, 0.15) is 36.5 Å². The first-order valence-corrected chi connectivity index (χ1v) is 19.0. The van der Waals surface area contributed by atoms with E-state index >= 15 is 0 Å². The number of nitrogens with two attached hydrogens (primary N) is 1. The molecule has 58 heavy (non-hydrogen) atoms. The summed E-state index contributed by atoms with van der Waals surface area (Å²) in [6.45, 7) is 2.46. The normalized spacial score (nSPS) is 15.3. The summed E-state index contributed by atoms with van der Waals surface area (Å²) < 4.78 is 21.4. The molecule has 8 rings (SSSR count). The van der Waals surface area contributed by atoms with Crippen molar-refractivity contribution in [2.75, 3.05) is 19.8 Å². The van der Waals surface area contributed by atoms with Gasteiger partial charge in [0, 0.05) is 36.3 Å². The van der Waals surface area contributed by atoms with Crippen molar-refractivity contribution in [3.05, 3.63) is 154 Å². The number of ether oxygens (including phenoxy) is 3. The van der Waals surface area contributed by atoms with Gasteiger partial charge in [0.05, 0.1) is 43.1 Å². The van der Waals surface area contributed by atoms with Crippen molar-refractivity contribution in [3.63, 3.8) is 0 Å². The number of Topliss-reactive ketones (excluding diaryl/α,β-unsaturated/α-hetero) is 2. The highest BCUT2D eigenvalue weighted by Crippen LogP contribution is 2.22. The maximum Gasteiger partial charge on any atom is 0.367 e. The molecule has 300 valence electrons. The van der Waals surface area contributed by atoms with Crippen LogP contribution in [0.25, 0.3) is 0 Å². The maximum absolute atomic E-state index is 12.4. The van der Waals surface area contributed by atoms with E-state index in [9.17, 15) is 19.2 Å². The first-order valence-electron chi connectivity index (χ1n) is 18.1. The highest BCUT2D eigenvalue weighted by Gasteiger charge is 2.29. The third-order valence-electron chi connectivity index (χ3n) is 8.51. The number of hydrogen-bond donors (Lipinski definition) is 2. The number of nitrogens with zero attached hydrogens (tertiary/aromatic N) is 4. The second-order valence-electron chi connectivity index (χ2n) is 12.7. The number of hydrogen-bond acceptors (Lipinski definition) is 14. The molecule has 2 aliphatic heterocycles. The Balaban J connectivity index is 0.000000178. The van der Waals surface area contributed by atoms with Crippen molar-refractivity contribution in [1.82, 2.24) is 25.3 Å². The molecule has 0 unspecified atom stereocenters. The van der Waals surface area contributed by atoms with Gasteiger partial charge in [-0.05, 0) is 42.3 Å². The summed E-state index contributed by atoms with van der Waals surface area (Å²) in [5.74, 6) is 0.661. The molecule has 2 atom stereocenters. The maximum atomic E-state index is 12.4. The van der Waals surface area contributed by atoms with Crippen LogP contribution in [0.15, 0.2) is 114 Å². The van der Waals surface area contributed by atoms with Gasteiger partial charge >= 0.3 is 11.9 Å². The Hall–Kier alpha value is -6.29. The topological polar surface area (TPSA) is 199 Å². The second-order valence-corrected chi connectivity index (χ2v) is 13.9. The molecule has 1 amide bonds. The molecular formula is C42H41ClN6O8S. The SMILES string of the molecule is CCOC(=O)c1ncc(Cc2ccccc2)s1.Cl.N[C@H]1COc2cccnc2CC1=O.O=C(N[C@H]1COc2cccnc2CC1=O)c1ncc(Cc2ccccc2)o1. The largest absolute Gasteiger partial charge is 0.490 e. The van der Waals surface area contributed by atoms with Crippen LogP contribution < -0.4 is 20.5 Å². The first-order chi connectivity index (χ1) is 27.7. The quantitative estimate of drug-likeness (QED) is 0.190. The van der Waals surface area contributed by atoms with Crippen LogP contribution in [-0.2, 0) is 40.0 Å². The van der Waals surface area contributed by atoms with Crippen molar-refractivity contribution in [2.45, 2.75) is 44.7 Å². The number of rotatable bonds is 8. The predicted molar refractivity (Wildman–Crippen MR) is 216 cm³/mol. The number of amides is 1. The van der Waals surface area contributed by atoms with Crippen LogP contribution in [0.1, 0.15) is 60.6 Å². The van der Waals surface area contributed by atoms with Crippen LogP contribution in [0.2, 0.25) is 0 Å². The smallest absolute Gasteiger partial charge is 0.367 e. The number of fused-ring (bicyclic) bond motifs is 2. The second kappa shape index (κ2) is 21.3. The van der Waals surface area contributed by atoms with E-state index < -0.39 is 18.0 Å². The van der Waals surface area contributed by atoms with Crippen molar-refractivity contribution in [2.24, 2.45) is 5.73 Å². The molecule has 6 aromatic rings. The molecule has 2 aliphatic rings. The molecule has 0 saturated carbocycles. The van der Waals surface area contributed by atoms with Gasteiger partial charge in [-0.2, -0.15) is 0 Å². The van der Waals surface area contributed by atoms with Crippen molar-refractivity contribution >= 4 is 47.2 Å². The number of carbonyl (C=O) groups is 4. The van der Waals surface area contributed by atoms with Gasteiger partial charge in [-0.25, -0.2) is 14.8 Å². The summed E-state index contributed by atoms with van der Waals surface area (Å²) in [6, 6.07) is 25.6. The molecule has 0 fully saturated rings. The zero-order valence-electron chi connectivity index (χ0n) is 31.4. The molecule has 0 spiro atoms. The fourth-order valence-electron chi connectivity index (χ4n) is 5.60. The van der Waals surface area contributed by atoms with Crippen LogP contribution >= 0.6 is 23.7 Å². The summed E-state index contributed by atoms with van der Waals surface area (Å²) in [5, 5.41) is 3.07. The Morgan fingerprint density at radius 3 is 2.02 bits per heavy atom. The lowest BCUT2D eigenvalue weighted by molar-refractivity contribution is -0.121. The van der Waals surface area contributed by atoms with Gasteiger partial charge in [-0.15, -0.1) is 23.7 Å². The van der Waals surface area contributed by atoms with E-state index in [2.05, 4.69) is 37.4 Å². The number of thiazole rings is 1. The number of oxazole rings is 1. The number of aromatic nitrogens is 4. The fraction of sp³-hybridized carbons (Fsp3) is 0.238. The van der Waals surface area contributed by atoms with Gasteiger partial charge < -0.3 is 29.7 Å². The molecule has 0 aliphatic carbocycles. The van der Waals surface area contributed by atoms with Gasteiger partial charge in [-0.1, -0.05) is 60.7 Å². The fourth-order valence-corrected chi connectivity index (χ4v) is 6.44. The third-order valence-corrected chi connectivity index (χ3v) is 9.48. The van der Waals surface area contributed by atoms with E-state index in [1.165, 1.54) is 23.1 Å². The Morgan fingerprint density at radius 2 is 1.38 bits per heavy atom. The molecule has 0 saturated heterocycles. The molecule has 3 N–H and O–H groups in total. The standard InChI is InChI=1S/C20H17N3O4.C13H13NO2S.C9H10N2O2.ClH/c24-17-10-15-18(7-4-8-21-15)26-12-16(17)23-19(25)20-22-11-14(27-20)9-13-5-2-1-3-6-13;1-2-16-13(15)12-14-9-11(17-12)8-10-6-4-3-5-7-10;10-6-5-13-9-2-1-3-11-7(9)4-8(6)12;/h1-8,11,16H,9-10,12H2,(H,23,25);3-7,9H,2,8H2,1H3;1-3,6H,4-5,10H2;1H/t16-;;6-;/m0.0./s1. The highest BCUT2D eigenvalue weighted by molar-refractivity contribution is 7.13. The Bertz CT molecular complexity index is 2290.